The van der Waals surface area contributed by atoms with E-state index in [1.54, 1.807) is 18.2 Å². The Balaban J connectivity index is 0.00000210. The molecule has 27 heavy (non-hydrogen) atoms. The lowest BCUT2D eigenvalue weighted by molar-refractivity contribution is -0.131. The number of carbonyl (C=O) groups is 2. The lowest BCUT2D eigenvalue weighted by atomic mass is 9.95. The number of fused-ring (bicyclic) bond motifs is 1. The van der Waals surface area contributed by atoms with Gasteiger partial charge in [0.1, 0.15) is 5.82 Å². The Morgan fingerprint density at radius 2 is 2.04 bits per heavy atom. The SMILES string of the molecule is Br.CC(=O)Oc1cc2c(s1)CCN([C@H](C(=O)C1CC1)c1ccccc1F)C2. The molecule has 1 aliphatic heterocycles. The van der Waals surface area contributed by atoms with Crippen LogP contribution in [0, 0.1) is 11.7 Å². The maximum absolute atomic E-state index is 14.4. The molecule has 2 aromatic rings. The second-order valence-corrected chi connectivity index (χ2v) is 8.03. The third kappa shape index (κ3) is 4.31. The normalized spacial score (nSPS) is 17.6. The molecule has 1 fully saturated rings. The van der Waals surface area contributed by atoms with Crippen molar-refractivity contribution in [2.24, 2.45) is 5.92 Å². The molecule has 4 nitrogen and oxygen atoms in total. The van der Waals surface area contributed by atoms with Gasteiger partial charge in [-0.05, 0) is 37.0 Å². The van der Waals surface area contributed by atoms with Crippen LogP contribution in [0.4, 0.5) is 4.39 Å². The summed E-state index contributed by atoms with van der Waals surface area (Å²) in [7, 11) is 0. The van der Waals surface area contributed by atoms with Gasteiger partial charge < -0.3 is 4.74 Å². The van der Waals surface area contributed by atoms with Gasteiger partial charge in [0.05, 0.1) is 6.04 Å². The van der Waals surface area contributed by atoms with E-state index in [1.165, 1.54) is 29.2 Å². The van der Waals surface area contributed by atoms with Crippen molar-refractivity contribution < 1.29 is 18.7 Å². The molecule has 0 spiro atoms. The van der Waals surface area contributed by atoms with E-state index < -0.39 is 6.04 Å². The number of ether oxygens (including phenoxy) is 1. The molecule has 0 radical (unpaired) electrons. The fraction of sp³-hybridized carbons (Fsp3) is 0.400. The Bertz CT molecular complexity index is 865. The first kappa shape index (κ1) is 20.2. The monoisotopic (exact) mass is 453 g/mol. The van der Waals surface area contributed by atoms with Crippen LogP contribution in [0.1, 0.15) is 41.8 Å². The van der Waals surface area contributed by atoms with Gasteiger partial charge in [-0.1, -0.05) is 18.2 Å². The molecule has 1 atom stereocenters. The van der Waals surface area contributed by atoms with Crippen molar-refractivity contribution in [2.45, 2.75) is 38.8 Å². The summed E-state index contributed by atoms with van der Waals surface area (Å²) >= 11 is 1.47. The number of rotatable bonds is 5. The molecule has 1 aliphatic carbocycles. The highest BCUT2D eigenvalue weighted by atomic mass is 79.9. The first-order valence-electron chi connectivity index (χ1n) is 8.85. The van der Waals surface area contributed by atoms with Crippen LogP contribution in [0.3, 0.4) is 0 Å². The van der Waals surface area contributed by atoms with Gasteiger partial charge in [-0.3, -0.25) is 14.5 Å². The molecule has 2 heterocycles. The van der Waals surface area contributed by atoms with E-state index in [0.29, 0.717) is 23.7 Å². The van der Waals surface area contributed by atoms with Crippen molar-refractivity contribution in [2.75, 3.05) is 6.54 Å². The van der Waals surface area contributed by atoms with Crippen LogP contribution in [-0.4, -0.2) is 23.2 Å². The zero-order valence-electron chi connectivity index (χ0n) is 14.9. The van der Waals surface area contributed by atoms with Gasteiger partial charge in [0.15, 0.2) is 10.8 Å². The number of thiophene rings is 1. The van der Waals surface area contributed by atoms with Crippen LogP contribution in [0.2, 0.25) is 0 Å². The molecule has 0 saturated heterocycles. The van der Waals surface area contributed by atoms with Crippen LogP contribution in [0.15, 0.2) is 30.3 Å². The molecule has 7 heteroatoms. The molecule has 2 aliphatic rings. The highest BCUT2D eigenvalue weighted by Gasteiger charge is 2.40. The first-order chi connectivity index (χ1) is 12.5. The molecular weight excluding hydrogens is 433 g/mol. The third-order valence-corrected chi connectivity index (χ3v) is 6.05. The number of esters is 1. The van der Waals surface area contributed by atoms with E-state index >= 15 is 0 Å². The summed E-state index contributed by atoms with van der Waals surface area (Å²) in [6, 6.07) is 7.89. The fourth-order valence-electron chi connectivity index (χ4n) is 3.56. The molecule has 1 aromatic carbocycles. The highest BCUT2D eigenvalue weighted by molar-refractivity contribution is 8.93. The molecular formula is C20H21BrFNO3S. The lowest BCUT2D eigenvalue weighted by Gasteiger charge is -2.34. The summed E-state index contributed by atoms with van der Waals surface area (Å²) in [5.41, 5.74) is 1.52. The summed E-state index contributed by atoms with van der Waals surface area (Å²) in [4.78, 5) is 27.4. The second kappa shape index (κ2) is 8.20. The molecule has 0 N–H and O–H groups in total. The number of halogens is 2. The molecule has 144 valence electrons. The van der Waals surface area contributed by atoms with E-state index in [2.05, 4.69) is 4.90 Å². The zero-order valence-corrected chi connectivity index (χ0v) is 17.5. The average Bonchev–Trinajstić information content (AvgIpc) is 3.37. The maximum atomic E-state index is 14.4. The minimum Gasteiger partial charge on any atom is -0.416 e. The number of nitrogens with zero attached hydrogens (tertiary/aromatic N) is 1. The maximum Gasteiger partial charge on any atom is 0.308 e. The van der Waals surface area contributed by atoms with Crippen molar-refractivity contribution in [3.05, 3.63) is 52.2 Å². The number of ketones is 1. The first-order valence-corrected chi connectivity index (χ1v) is 9.67. The minimum absolute atomic E-state index is 0. The molecule has 1 aromatic heterocycles. The predicted molar refractivity (Wildman–Crippen MR) is 107 cm³/mol. The second-order valence-electron chi connectivity index (χ2n) is 6.93. The van der Waals surface area contributed by atoms with Crippen LogP contribution in [0.25, 0.3) is 0 Å². The van der Waals surface area contributed by atoms with Crippen molar-refractivity contribution in [1.82, 2.24) is 4.90 Å². The highest BCUT2D eigenvalue weighted by Crippen LogP contribution is 2.41. The molecule has 0 amide bonds. The largest absolute Gasteiger partial charge is 0.416 e. The van der Waals surface area contributed by atoms with E-state index in [1.807, 2.05) is 6.07 Å². The Labute approximate surface area is 172 Å². The molecule has 1 saturated carbocycles. The number of hydrogen-bond acceptors (Lipinski definition) is 5. The van der Waals surface area contributed by atoms with Crippen molar-refractivity contribution >= 4 is 40.1 Å². The van der Waals surface area contributed by atoms with E-state index in [4.69, 9.17) is 4.74 Å². The van der Waals surface area contributed by atoms with Crippen molar-refractivity contribution in [1.29, 1.82) is 0 Å². The summed E-state index contributed by atoms with van der Waals surface area (Å²) in [6.07, 6.45) is 2.57. The lowest BCUT2D eigenvalue weighted by Crippen LogP contribution is -2.38. The van der Waals surface area contributed by atoms with Gasteiger partial charge in [-0.2, -0.15) is 0 Å². The van der Waals surface area contributed by atoms with Crippen LogP contribution in [-0.2, 0) is 22.6 Å². The summed E-state index contributed by atoms with van der Waals surface area (Å²) in [6.45, 7) is 2.63. The molecule has 0 bridgehead atoms. The van der Waals surface area contributed by atoms with Gasteiger partial charge in [-0.15, -0.1) is 28.3 Å². The van der Waals surface area contributed by atoms with Gasteiger partial charge in [-0.25, -0.2) is 4.39 Å². The summed E-state index contributed by atoms with van der Waals surface area (Å²) in [5, 5.41) is 0.584. The van der Waals surface area contributed by atoms with Gasteiger partial charge in [0, 0.05) is 36.4 Å². The zero-order chi connectivity index (χ0) is 18.3. The number of carbonyl (C=O) groups excluding carboxylic acids is 2. The fourth-order valence-corrected chi connectivity index (χ4v) is 4.61. The van der Waals surface area contributed by atoms with Crippen LogP contribution in [0.5, 0.6) is 5.06 Å². The van der Waals surface area contributed by atoms with Gasteiger partial charge in [0.25, 0.3) is 0 Å². The number of benzene rings is 1. The topological polar surface area (TPSA) is 46.6 Å². The Kier molecular flexibility index (Phi) is 6.13. The van der Waals surface area contributed by atoms with Crippen molar-refractivity contribution in [3.8, 4) is 5.06 Å². The average molecular weight is 454 g/mol. The molecule has 0 unspecified atom stereocenters. The summed E-state index contributed by atoms with van der Waals surface area (Å²) in [5.74, 6) is -0.495. The standard InChI is InChI=1S/C20H20FNO3S.BrH/c1-12(23)25-18-10-14-11-22(9-8-17(14)26-18)19(20(24)13-6-7-13)15-4-2-3-5-16(15)21;/h2-5,10,13,19H,6-9,11H2,1H3;1H/t19-;/m0./s1. The van der Waals surface area contributed by atoms with E-state index in [-0.39, 0.29) is 40.5 Å². The van der Waals surface area contributed by atoms with E-state index in [0.717, 1.165) is 24.8 Å². The Hall–Kier alpha value is -1.57. The predicted octanol–water partition coefficient (Wildman–Crippen LogP) is 4.47. The Morgan fingerprint density at radius 3 is 2.70 bits per heavy atom. The minimum atomic E-state index is -0.547. The number of hydrogen-bond donors (Lipinski definition) is 0. The van der Waals surface area contributed by atoms with Crippen molar-refractivity contribution in [3.63, 3.8) is 0 Å². The number of Topliss-reactive ketones (excluding diaryl/α,β-unsaturated/α-hetero) is 1. The van der Waals surface area contributed by atoms with Gasteiger partial charge in [0.2, 0.25) is 0 Å². The Morgan fingerprint density at radius 1 is 1.30 bits per heavy atom. The quantitative estimate of drug-likeness (QED) is 0.626. The smallest absolute Gasteiger partial charge is 0.308 e. The van der Waals surface area contributed by atoms with E-state index in [9.17, 15) is 14.0 Å². The third-order valence-electron chi connectivity index (χ3n) is 4.93. The van der Waals surface area contributed by atoms with Crippen LogP contribution >= 0.6 is 28.3 Å². The van der Waals surface area contributed by atoms with Crippen LogP contribution < -0.4 is 4.74 Å². The van der Waals surface area contributed by atoms with Gasteiger partial charge >= 0.3 is 5.97 Å². The molecule has 4 rings (SSSR count). The summed E-state index contributed by atoms with van der Waals surface area (Å²) < 4.78 is 19.6.